The van der Waals surface area contributed by atoms with E-state index in [1.165, 1.54) is 12.8 Å². The first-order chi connectivity index (χ1) is 15.1. The second-order valence-corrected chi connectivity index (χ2v) is 8.99. The number of carbonyl (C=O) groups is 1. The van der Waals surface area contributed by atoms with Crippen molar-refractivity contribution in [3.8, 4) is 5.69 Å². The van der Waals surface area contributed by atoms with E-state index in [2.05, 4.69) is 25.6 Å². The van der Waals surface area contributed by atoms with Crippen LogP contribution in [0.5, 0.6) is 0 Å². The number of nitrogens with zero attached hydrogens (tertiary/aromatic N) is 5. The smallest absolute Gasteiger partial charge is 0.323 e. The molecule has 3 heterocycles. The van der Waals surface area contributed by atoms with E-state index >= 15 is 0 Å². The molecule has 1 aromatic carbocycles. The van der Waals surface area contributed by atoms with E-state index in [-0.39, 0.29) is 17.6 Å². The molecule has 3 aromatic rings. The van der Waals surface area contributed by atoms with Gasteiger partial charge in [0.1, 0.15) is 5.82 Å². The van der Waals surface area contributed by atoms with Crippen LogP contribution in [0.3, 0.4) is 0 Å². The Morgan fingerprint density at radius 1 is 1.13 bits per heavy atom. The van der Waals surface area contributed by atoms with Gasteiger partial charge in [-0.3, -0.25) is 4.90 Å². The summed E-state index contributed by atoms with van der Waals surface area (Å²) in [5.74, 6) is 1.73. The van der Waals surface area contributed by atoms with Crippen LogP contribution in [0.1, 0.15) is 31.4 Å². The molecule has 6 rings (SSSR count). The lowest BCUT2D eigenvalue weighted by atomic mass is 10.2. The van der Waals surface area contributed by atoms with Crippen molar-refractivity contribution in [3.63, 3.8) is 0 Å². The Balaban J connectivity index is 1.24. The van der Waals surface area contributed by atoms with Gasteiger partial charge in [-0.2, -0.15) is 4.98 Å². The van der Waals surface area contributed by atoms with Gasteiger partial charge in [-0.25, -0.2) is 14.8 Å². The highest BCUT2D eigenvalue weighted by molar-refractivity contribution is 6.30. The van der Waals surface area contributed by atoms with E-state index in [4.69, 9.17) is 11.6 Å². The molecule has 1 atom stereocenters. The van der Waals surface area contributed by atoms with E-state index in [1.807, 2.05) is 41.4 Å². The Morgan fingerprint density at radius 2 is 1.94 bits per heavy atom. The second kappa shape index (κ2) is 6.95. The zero-order valence-electron chi connectivity index (χ0n) is 16.8. The number of hydrogen-bond acceptors (Lipinski definition) is 5. The van der Waals surface area contributed by atoms with Gasteiger partial charge in [0.2, 0.25) is 5.95 Å². The lowest BCUT2D eigenvalue weighted by molar-refractivity contribution is 0.251. The lowest BCUT2D eigenvalue weighted by Crippen LogP contribution is -2.36. The molecule has 158 valence electrons. The highest BCUT2D eigenvalue weighted by Crippen LogP contribution is 2.47. The van der Waals surface area contributed by atoms with E-state index in [1.54, 1.807) is 17.2 Å². The van der Waals surface area contributed by atoms with Crippen LogP contribution in [0.15, 0.2) is 49.1 Å². The first kappa shape index (κ1) is 18.6. The Labute approximate surface area is 184 Å². The van der Waals surface area contributed by atoms with E-state index in [9.17, 15) is 4.79 Å². The topological polar surface area (TPSA) is 88.0 Å². The van der Waals surface area contributed by atoms with Crippen molar-refractivity contribution in [1.82, 2.24) is 24.8 Å². The number of anilines is 2. The largest absolute Gasteiger partial charge is 0.343 e. The van der Waals surface area contributed by atoms with Gasteiger partial charge >= 0.3 is 6.03 Å². The van der Waals surface area contributed by atoms with Gasteiger partial charge in [-0.15, -0.1) is 0 Å². The molecule has 9 heteroatoms. The molecule has 8 nitrogen and oxygen atoms in total. The molecule has 0 radical (unpaired) electrons. The zero-order valence-corrected chi connectivity index (χ0v) is 17.6. The Kier molecular flexibility index (Phi) is 4.17. The van der Waals surface area contributed by atoms with Crippen molar-refractivity contribution in [3.05, 3.63) is 59.8 Å². The number of imidazole rings is 1. The van der Waals surface area contributed by atoms with Crippen LogP contribution in [0.4, 0.5) is 16.6 Å². The van der Waals surface area contributed by atoms with Gasteiger partial charge in [0.25, 0.3) is 0 Å². The third-order valence-corrected chi connectivity index (χ3v) is 6.62. The fourth-order valence-electron chi connectivity index (χ4n) is 4.30. The molecule has 0 bridgehead atoms. The van der Waals surface area contributed by atoms with E-state index < -0.39 is 0 Å². The predicted molar refractivity (Wildman–Crippen MR) is 118 cm³/mol. The summed E-state index contributed by atoms with van der Waals surface area (Å²) in [6, 6.07) is 9.56. The lowest BCUT2D eigenvalue weighted by Gasteiger charge is -2.23. The number of amides is 2. The summed E-state index contributed by atoms with van der Waals surface area (Å²) in [7, 11) is 0. The standard InChI is InChI=1S/C22H22ClN7O/c23-15-3-5-16(6-4-15)29-12-18(26-13-29)22(8-9-22)28-20-24-10-7-19(27-20)30-17(14-1-2-14)11-25-21(30)31/h3-7,10,12-14,17H,1-2,8-9,11H2,(H,25,31)(H,24,27,28). The molecule has 3 fully saturated rings. The molecule has 1 aliphatic heterocycles. The average Bonchev–Trinajstić information content (AvgIpc) is 3.68. The molecule has 2 N–H and O–H groups in total. The van der Waals surface area contributed by atoms with Gasteiger partial charge in [0.05, 0.1) is 23.6 Å². The van der Waals surface area contributed by atoms with Crippen LogP contribution < -0.4 is 15.5 Å². The highest BCUT2D eigenvalue weighted by atomic mass is 35.5. The number of rotatable bonds is 6. The van der Waals surface area contributed by atoms with Gasteiger partial charge < -0.3 is 15.2 Å². The fraction of sp³-hybridized carbons (Fsp3) is 0.364. The predicted octanol–water partition coefficient (Wildman–Crippen LogP) is 3.73. The number of carbonyl (C=O) groups excluding carboxylic acids is 1. The second-order valence-electron chi connectivity index (χ2n) is 8.55. The molecule has 1 unspecified atom stereocenters. The molecular formula is C22H22ClN7O. The molecule has 31 heavy (non-hydrogen) atoms. The monoisotopic (exact) mass is 435 g/mol. The van der Waals surface area contributed by atoms with E-state index in [0.717, 1.165) is 24.2 Å². The van der Waals surface area contributed by atoms with Crippen LogP contribution in [-0.4, -0.2) is 38.1 Å². The maximum atomic E-state index is 12.4. The molecule has 2 aromatic heterocycles. The first-order valence-electron chi connectivity index (χ1n) is 10.6. The Bertz CT molecular complexity index is 1140. The minimum absolute atomic E-state index is 0.0793. The van der Waals surface area contributed by atoms with Crippen molar-refractivity contribution >= 4 is 29.4 Å². The summed E-state index contributed by atoms with van der Waals surface area (Å²) >= 11 is 6.00. The number of hydrogen-bond donors (Lipinski definition) is 2. The Morgan fingerprint density at radius 3 is 2.68 bits per heavy atom. The van der Waals surface area contributed by atoms with Crippen LogP contribution in [0.2, 0.25) is 5.02 Å². The summed E-state index contributed by atoms with van der Waals surface area (Å²) < 4.78 is 1.99. The van der Waals surface area contributed by atoms with Crippen LogP contribution in [0, 0.1) is 5.92 Å². The van der Waals surface area contributed by atoms with Crippen LogP contribution >= 0.6 is 11.6 Å². The molecule has 3 aliphatic rings. The maximum absolute atomic E-state index is 12.4. The summed E-state index contributed by atoms with van der Waals surface area (Å²) in [5, 5.41) is 7.14. The summed E-state index contributed by atoms with van der Waals surface area (Å²) in [4.78, 5) is 27.9. The van der Waals surface area contributed by atoms with Gasteiger partial charge in [0, 0.05) is 29.6 Å². The van der Waals surface area contributed by atoms with Crippen LogP contribution in [-0.2, 0) is 5.54 Å². The van der Waals surface area contributed by atoms with Crippen molar-refractivity contribution in [1.29, 1.82) is 0 Å². The third kappa shape index (κ3) is 3.40. The SMILES string of the molecule is O=C1NCC(C2CC2)N1c1ccnc(NC2(c3cn(-c4ccc(Cl)cc4)cn3)CC2)n1. The molecule has 1 saturated heterocycles. The number of benzene rings is 1. The quantitative estimate of drug-likeness (QED) is 0.616. The molecule has 2 saturated carbocycles. The van der Waals surface area contributed by atoms with Crippen molar-refractivity contribution in [2.75, 3.05) is 16.8 Å². The van der Waals surface area contributed by atoms with Gasteiger partial charge in [0.15, 0.2) is 0 Å². The van der Waals surface area contributed by atoms with Crippen LogP contribution in [0.25, 0.3) is 5.69 Å². The maximum Gasteiger partial charge on any atom is 0.323 e. The zero-order chi connectivity index (χ0) is 21.0. The summed E-state index contributed by atoms with van der Waals surface area (Å²) in [6.45, 7) is 0.683. The third-order valence-electron chi connectivity index (χ3n) is 6.37. The minimum atomic E-state index is -0.278. The van der Waals surface area contributed by atoms with Gasteiger partial charge in [-0.1, -0.05) is 11.6 Å². The number of nitrogens with one attached hydrogen (secondary N) is 2. The molecular weight excluding hydrogens is 414 g/mol. The van der Waals surface area contributed by atoms with Crippen molar-refractivity contribution in [2.24, 2.45) is 5.92 Å². The molecule has 2 amide bonds. The number of aromatic nitrogens is 4. The van der Waals surface area contributed by atoms with Crippen molar-refractivity contribution in [2.45, 2.75) is 37.3 Å². The number of halogens is 1. The van der Waals surface area contributed by atoms with Crippen molar-refractivity contribution < 1.29 is 4.79 Å². The fourth-order valence-corrected chi connectivity index (χ4v) is 4.43. The van der Waals surface area contributed by atoms with E-state index in [0.29, 0.717) is 29.3 Å². The summed E-state index contributed by atoms with van der Waals surface area (Å²) in [5.41, 5.74) is 1.68. The number of urea groups is 1. The van der Waals surface area contributed by atoms with Gasteiger partial charge in [-0.05, 0) is 61.9 Å². The summed E-state index contributed by atoms with van der Waals surface area (Å²) in [6.07, 6.45) is 9.80. The first-order valence-corrected chi connectivity index (χ1v) is 11.0. The minimum Gasteiger partial charge on any atom is -0.343 e. The average molecular weight is 436 g/mol. The molecule has 0 spiro atoms. The molecule has 2 aliphatic carbocycles. The Hall–Kier alpha value is -3.13. The normalized spacial score (nSPS) is 21.8. The highest BCUT2D eigenvalue weighted by Gasteiger charge is 2.47.